The third-order valence-electron chi connectivity index (χ3n) is 5.28. The number of H-pyrrole nitrogens is 1. The minimum absolute atomic E-state index is 0.159. The van der Waals surface area contributed by atoms with Crippen LogP contribution in [0.25, 0.3) is 10.9 Å². The molecule has 2 aliphatic rings. The van der Waals surface area contributed by atoms with Crippen LogP contribution in [0.4, 0.5) is 5.69 Å². The van der Waals surface area contributed by atoms with Gasteiger partial charge in [0.05, 0.1) is 34.5 Å². The zero-order valence-electron chi connectivity index (χ0n) is 16.9. The molecule has 32 heavy (non-hydrogen) atoms. The smallest absolute Gasteiger partial charge is 0.243 e. The van der Waals surface area contributed by atoms with Crippen LogP contribution < -0.4 is 5.43 Å². The first-order chi connectivity index (χ1) is 15.5. The van der Waals surface area contributed by atoms with E-state index in [0.717, 1.165) is 22.2 Å². The summed E-state index contributed by atoms with van der Waals surface area (Å²) in [6.07, 6.45) is 1.95. The van der Waals surface area contributed by atoms with Gasteiger partial charge in [0.1, 0.15) is 0 Å². The van der Waals surface area contributed by atoms with Gasteiger partial charge in [0.15, 0.2) is 5.17 Å². The zero-order chi connectivity index (χ0) is 22.1. The molecule has 0 aliphatic carbocycles. The van der Waals surface area contributed by atoms with Gasteiger partial charge >= 0.3 is 0 Å². The van der Waals surface area contributed by atoms with E-state index < -0.39 is 10.0 Å². The molecular weight excluding hydrogens is 470 g/mol. The number of aromatic nitrogens is 1. The molecule has 0 atom stereocenters. The number of benzene rings is 2. The van der Waals surface area contributed by atoms with Crippen LogP contribution in [-0.4, -0.2) is 60.6 Å². The summed E-state index contributed by atoms with van der Waals surface area (Å²) in [5.41, 5.74) is 6.35. The van der Waals surface area contributed by atoms with Crippen molar-refractivity contribution >= 4 is 60.9 Å². The highest BCUT2D eigenvalue weighted by Gasteiger charge is 2.27. The van der Waals surface area contributed by atoms with Gasteiger partial charge in [-0.25, -0.2) is 13.4 Å². The Balaban J connectivity index is 1.39. The molecule has 0 spiro atoms. The Morgan fingerprint density at radius 2 is 1.97 bits per heavy atom. The fraction of sp³-hybridized carbons (Fsp3) is 0.238. The molecule has 0 bridgehead atoms. The van der Waals surface area contributed by atoms with Gasteiger partial charge in [-0.3, -0.25) is 5.43 Å². The fourth-order valence-electron chi connectivity index (χ4n) is 3.61. The molecule has 0 saturated carbocycles. The van der Waals surface area contributed by atoms with Crippen molar-refractivity contribution in [2.45, 2.75) is 4.90 Å². The Labute approximate surface area is 194 Å². The first kappa shape index (κ1) is 21.5. The van der Waals surface area contributed by atoms with Crippen molar-refractivity contribution in [3.63, 3.8) is 0 Å². The Bertz CT molecular complexity index is 1330. The molecule has 2 aromatic carbocycles. The van der Waals surface area contributed by atoms with Crippen molar-refractivity contribution in [1.82, 2.24) is 14.7 Å². The summed E-state index contributed by atoms with van der Waals surface area (Å²) < 4.78 is 32.6. The van der Waals surface area contributed by atoms with Gasteiger partial charge < -0.3 is 9.72 Å². The Hall–Kier alpha value is -2.37. The maximum Gasteiger partial charge on any atom is 0.243 e. The summed E-state index contributed by atoms with van der Waals surface area (Å²) in [7, 11) is -3.63. The molecule has 2 N–H and O–H groups in total. The molecule has 2 aliphatic heterocycles. The van der Waals surface area contributed by atoms with Gasteiger partial charge in [-0.1, -0.05) is 41.6 Å². The fourth-order valence-corrected chi connectivity index (χ4v) is 5.96. The third kappa shape index (κ3) is 4.16. The molecule has 1 saturated heterocycles. The second-order valence-corrected chi connectivity index (χ2v) is 10.6. The van der Waals surface area contributed by atoms with E-state index in [0.29, 0.717) is 47.9 Å². The minimum Gasteiger partial charge on any atom is -0.379 e. The highest BCUT2D eigenvalue weighted by Crippen LogP contribution is 2.31. The highest BCUT2D eigenvalue weighted by atomic mass is 35.5. The number of sulfonamides is 1. The van der Waals surface area contributed by atoms with Crippen LogP contribution >= 0.6 is 23.4 Å². The summed E-state index contributed by atoms with van der Waals surface area (Å²) in [6.45, 7) is 1.44. The number of fused-ring (bicyclic) bond motifs is 1. The van der Waals surface area contributed by atoms with Crippen molar-refractivity contribution in [2.75, 3.05) is 32.1 Å². The van der Waals surface area contributed by atoms with Gasteiger partial charge in [0.2, 0.25) is 10.0 Å². The minimum atomic E-state index is -3.63. The lowest BCUT2D eigenvalue weighted by molar-refractivity contribution is 0.0730. The van der Waals surface area contributed by atoms with Gasteiger partial charge in [0.25, 0.3) is 0 Å². The van der Waals surface area contributed by atoms with E-state index in [-0.39, 0.29) is 4.90 Å². The SMILES string of the molecule is O=S(=O)(c1ccc(Cl)c(N=C2NN=C(c3c[nH]c4ccccc34)CS2)c1)N1CCOCC1. The van der Waals surface area contributed by atoms with Gasteiger partial charge in [-0.2, -0.15) is 9.41 Å². The first-order valence-electron chi connectivity index (χ1n) is 10.0. The van der Waals surface area contributed by atoms with Crippen molar-refractivity contribution in [1.29, 1.82) is 0 Å². The van der Waals surface area contributed by atoms with Crippen molar-refractivity contribution < 1.29 is 13.2 Å². The van der Waals surface area contributed by atoms with E-state index in [9.17, 15) is 8.42 Å². The van der Waals surface area contributed by atoms with Crippen LogP contribution in [0.1, 0.15) is 5.56 Å². The molecule has 3 aromatic rings. The largest absolute Gasteiger partial charge is 0.379 e. The standard InChI is InChI=1S/C21H20ClN5O3S2/c22-17-6-5-14(32(28,29)27-7-9-30-10-8-27)11-19(17)24-21-26-25-20(13-31-21)16-12-23-18-4-2-1-3-15(16)18/h1-6,11-12,23H,7-10,13H2,(H,24,26). The number of ether oxygens (including phenoxy) is 1. The molecule has 1 aromatic heterocycles. The first-order valence-corrected chi connectivity index (χ1v) is 12.8. The number of nitrogens with one attached hydrogen (secondary N) is 2. The lowest BCUT2D eigenvalue weighted by Crippen LogP contribution is -2.40. The number of nitrogens with zero attached hydrogens (tertiary/aromatic N) is 3. The van der Waals surface area contributed by atoms with Crippen LogP contribution in [0.5, 0.6) is 0 Å². The Morgan fingerprint density at radius 3 is 2.75 bits per heavy atom. The third-order valence-corrected chi connectivity index (χ3v) is 8.37. The van der Waals surface area contributed by atoms with E-state index in [1.54, 1.807) is 6.07 Å². The van der Waals surface area contributed by atoms with E-state index >= 15 is 0 Å². The Morgan fingerprint density at radius 1 is 1.16 bits per heavy atom. The molecule has 11 heteroatoms. The van der Waals surface area contributed by atoms with Gasteiger partial charge in [-0.05, 0) is 24.3 Å². The number of hydrogen-bond acceptors (Lipinski definition) is 6. The quantitative estimate of drug-likeness (QED) is 0.583. The monoisotopic (exact) mass is 489 g/mol. The molecule has 0 radical (unpaired) electrons. The summed E-state index contributed by atoms with van der Waals surface area (Å²) in [5.74, 6) is 0.622. The van der Waals surface area contributed by atoms with E-state index in [1.165, 1.54) is 28.2 Å². The number of morpholine rings is 1. The lowest BCUT2D eigenvalue weighted by atomic mass is 10.1. The van der Waals surface area contributed by atoms with Crippen molar-refractivity contribution in [3.05, 3.63) is 59.2 Å². The highest BCUT2D eigenvalue weighted by molar-refractivity contribution is 8.14. The normalized spacial score (nSPS) is 19.2. The van der Waals surface area contributed by atoms with Crippen LogP contribution in [0.15, 0.2) is 63.7 Å². The zero-order valence-corrected chi connectivity index (χ0v) is 19.3. The Kier molecular flexibility index (Phi) is 5.95. The second-order valence-electron chi connectivity index (χ2n) is 7.25. The predicted octanol–water partition coefficient (Wildman–Crippen LogP) is 3.57. The van der Waals surface area contributed by atoms with Crippen molar-refractivity contribution in [2.24, 2.45) is 10.1 Å². The molecule has 0 amide bonds. The average Bonchev–Trinajstić information content (AvgIpc) is 3.26. The van der Waals surface area contributed by atoms with E-state index in [4.69, 9.17) is 16.3 Å². The van der Waals surface area contributed by atoms with Crippen LogP contribution in [0.2, 0.25) is 5.02 Å². The number of hydrogen-bond donors (Lipinski definition) is 2. The van der Waals surface area contributed by atoms with Crippen LogP contribution in [-0.2, 0) is 14.8 Å². The molecule has 0 unspecified atom stereocenters. The number of hydrazone groups is 1. The van der Waals surface area contributed by atoms with E-state index in [2.05, 4.69) is 26.6 Å². The summed E-state index contributed by atoms with van der Waals surface area (Å²) >= 11 is 7.80. The molecule has 166 valence electrons. The van der Waals surface area contributed by atoms with E-state index in [1.807, 2.05) is 24.4 Å². The number of amidine groups is 1. The molecule has 1 fully saturated rings. The number of para-hydroxylation sites is 1. The average molecular weight is 490 g/mol. The summed E-state index contributed by atoms with van der Waals surface area (Å²) in [6, 6.07) is 12.6. The molecule has 8 nitrogen and oxygen atoms in total. The van der Waals surface area contributed by atoms with Gasteiger partial charge in [0, 0.05) is 41.5 Å². The topological polar surface area (TPSA) is 99.2 Å². The molecule has 5 rings (SSSR count). The number of rotatable bonds is 4. The number of aromatic amines is 1. The predicted molar refractivity (Wildman–Crippen MR) is 129 cm³/mol. The maximum absolute atomic E-state index is 13.0. The number of halogens is 1. The number of aliphatic imine (C=N–C) groups is 1. The van der Waals surface area contributed by atoms with Crippen molar-refractivity contribution in [3.8, 4) is 0 Å². The van der Waals surface area contributed by atoms with Crippen LogP contribution in [0, 0.1) is 0 Å². The molecular formula is C21H20ClN5O3S2. The van der Waals surface area contributed by atoms with Crippen LogP contribution in [0.3, 0.4) is 0 Å². The summed E-state index contributed by atoms with van der Waals surface area (Å²) in [5, 5.41) is 6.51. The number of thioether (sulfide) groups is 1. The molecule has 3 heterocycles. The summed E-state index contributed by atoms with van der Waals surface area (Å²) in [4.78, 5) is 7.95. The lowest BCUT2D eigenvalue weighted by Gasteiger charge is -2.26. The second kappa shape index (κ2) is 8.87. The van der Waals surface area contributed by atoms with Gasteiger partial charge in [-0.15, -0.1) is 0 Å². The maximum atomic E-state index is 13.0.